The zero-order chi connectivity index (χ0) is 19.4. The van der Waals surface area contributed by atoms with Gasteiger partial charge in [0.2, 0.25) is 5.95 Å². The molecule has 0 N–H and O–H groups in total. The molecule has 0 amide bonds. The highest BCUT2D eigenvalue weighted by molar-refractivity contribution is 5.76. The first-order valence-corrected chi connectivity index (χ1v) is 9.33. The molecule has 1 aliphatic rings. The van der Waals surface area contributed by atoms with E-state index in [1.54, 1.807) is 20.9 Å². The molecule has 0 aromatic carbocycles. The predicted octanol–water partition coefficient (Wildman–Crippen LogP) is 1.25. The largest absolute Gasteiger partial charge is 0.466 e. The number of nitrogens with zero attached hydrogens (tertiary/aromatic N) is 5. The Balaban J connectivity index is 2.12. The lowest BCUT2D eigenvalue weighted by Gasteiger charge is -2.27. The van der Waals surface area contributed by atoms with Crippen LogP contribution in [-0.4, -0.2) is 44.8 Å². The van der Waals surface area contributed by atoms with Crippen molar-refractivity contribution in [3.63, 3.8) is 0 Å². The number of fused-ring (bicyclic) bond motifs is 1. The van der Waals surface area contributed by atoms with Crippen LogP contribution in [0.15, 0.2) is 4.79 Å². The number of hydrogen-bond acceptors (Lipinski definition) is 6. The summed E-state index contributed by atoms with van der Waals surface area (Å²) in [6.07, 6.45) is 3.34. The maximum Gasteiger partial charge on any atom is 0.313 e. The van der Waals surface area contributed by atoms with E-state index in [0.717, 1.165) is 31.9 Å². The number of hydrogen-bond donors (Lipinski definition) is 0. The first-order valence-electron chi connectivity index (χ1n) is 9.33. The van der Waals surface area contributed by atoms with Crippen LogP contribution in [0, 0.1) is 11.8 Å². The molecule has 8 nitrogen and oxygen atoms in total. The first kappa shape index (κ1) is 19.0. The molecule has 3 heterocycles. The van der Waals surface area contributed by atoms with E-state index in [1.165, 1.54) is 11.0 Å². The topological polar surface area (TPSA) is 82.2 Å². The van der Waals surface area contributed by atoms with E-state index in [2.05, 4.69) is 26.7 Å². The van der Waals surface area contributed by atoms with Crippen molar-refractivity contribution >= 4 is 23.1 Å². The van der Waals surface area contributed by atoms with E-state index < -0.39 is 5.97 Å². The van der Waals surface area contributed by atoms with Crippen molar-refractivity contribution in [3.8, 4) is 11.8 Å². The van der Waals surface area contributed by atoms with E-state index in [-0.39, 0.29) is 12.0 Å². The summed E-state index contributed by atoms with van der Waals surface area (Å²) < 4.78 is 8.23. The molecule has 0 saturated carbocycles. The van der Waals surface area contributed by atoms with Gasteiger partial charge in [-0.2, -0.15) is 4.98 Å². The van der Waals surface area contributed by atoms with Crippen LogP contribution in [0.3, 0.4) is 0 Å². The lowest BCUT2D eigenvalue weighted by atomic mass is 10.1. The van der Waals surface area contributed by atoms with E-state index in [4.69, 9.17) is 4.74 Å². The van der Waals surface area contributed by atoms with Crippen LogP contribution < -0.4 is 10.5 Å². The number of ether oxygens (including phenoxy) is 1. The van der Waals surface area contributed by atoms with Crippen molar-refractivity contribution < 1.29 is 9.53 Å². The number of carbonyl (C=O) groups excluding carboxylic acids is 1. The maximum absolute atomic E-state index is 13.0. The van der Waals surface area contributed by atoms with E-state index in [9.17, 15) is 9.59 Å². The third kappa shape index (κ3) is 3.82. The minimum atomic E-state index is -0.410. The lowest BCUT2D eigenvalue weighted by Crippen LogP contribution is -2.32. The molecule has 0 bridgehead atoms. The lowest BCUT2D eigenvalue weighted by molar-refractivity contribution is -0.142. The molecule has 1 saturated heterocycles. The minimum Gasteiger partial charge on any atom is -0.466 e. The molecule has 3 rings (SSSR count). The van der Waals surface area contributed by atoms with Gasteiger partial charge in [-0.05, 0) is 33.1 Å². The number of esters is 1. The Bertz CT molecular complexity index is 958. The number of rotatable bonds is 5. The van der Waals surface area contributed by atoms with Crippen LogP contribution in [0.2, 0.25) is 0 Å². The summed E-state index contributed by atoms with van der Waals surface area (Å²) in [7, 11) is 1.62. The summed E-state index contributed by atoms with van der Waals surface area (Å²) in [5.74, 6) is 6.57. The van der Waals surface area contributed by atoms with Gasteiger partial charge in [0, 0.05) is 20.1 Å². The third-order valence-corrected chi connectivity index (χ3v) is 4.72. The first-order chi connectivity index (χ1) is 13.1. The Labute approximate surface area is 158 Å². The zero-order valence-electron chi connectivity index (χ0n) is 16.1. The van der Waals surface area contributed by atoms with E-state index in [1.807, 2.05) is 4.57 Å². The van der Waals surface area contributed by atoms with Crippen molar-refractivity contribution in [3.05, 3.63) is 16.2 Å². The molecule has 0 radical (unpaired) electrons. The summed E-state index contributed by atoms with van der Waals surface area (Å²) in [6.45, 7) is 5.99. The second-order valence-corrected chi connectivity index (χ2v) is 6.52. The summed E-state index contributed by atoms with van der Waals surface area (Å²) in [6, 6.07) is 0. The van der Waals surface area contributed by atoms with Gasteiger partial charge in [-0.25, -0.2) is 4.98 Å². The summed E-state index contributed by atoms with van der Waals surface area (Å²) in [5, 5.41) is 0. The molecule has 0 unspecified atom stereocenters. The molecular formula is C19H25N5O3. The minimum absolute atomic E-state index is 0.0593. The normalized spacial score (nSPS) is 14.1. The van der Waals surface area contributed by atoms with E-state index in [0.29, 0.717) is 30.1 Å². The van der Waals surface area contributed by atoms with Gasteiger partial charge in [-0.1, -0.05) is 5.92 Å². The van der Waals surface area contributed by atoms with Crippen LogP contribution in [0.5, 0.6) is 0 Å². The molecule has 0 spiro atoms. The van der Waals surface area contributed by atoms with Crippen molar-refractivity contribution in [1.82, 2.24) is 19.1 Å². The second kappa shape index (κ2) is 8.25. The van der Waals surface area contributed by atoms with Gasteiger partial charge in [0.25, 0.3) is 5.56 Å². The molecule has 0 aliphatic carbocycles. The van der Waals surface area contributed by atoms with Crippen LogP contribution >= 0.6 is 0 Å². The fourth-order valence-electron chi connectivity index (χ4n) is 3.33. The van der Waals surface area contributed by atoms with Gasteiger partial charge < -0.3 is 9.64 Å². The fraction of sp³-hybridized carbons (Fsp3) is 0.579. The second-order valence-electron chi connectivity index (χ2n) is 6.52. The number of anilines is 1. The monoisotopic (exact) mass is 371 g/mol. The quantitative estimate of drug-likeness (QED) is 0.581. The summed E-state index contributed by atoms with van der Waals surface area (Å²) in [4.78, 5) is 36.2. The average Bonchev–Trinajstić information content (AvgIpc) is 3.03. The standard InChI is InChI=1S/C19H25N5O3/c1-4-6-12-24-16-17(21-19(24)23-10-8-7-9-11-23)20-14(22(3)18(16)26)13-15(25)27-5-2/h5,7-13H2,1-3H3. The van der Waals surface area contributed by atoms with Gasteiger partial charge in [-0.3, -0.25) is 18.7 Å². The molecular weight excluding hydrogens is 346 g/mol. The number of piperidine rings is 1. The molecule has 2 aromatic heterocycles. The number of imidazole rings is 1. The Morgan fingerprint density at radius 3 is 2.63 bits per heavy atom. The summed E-state index contributed by atoms with van der Waals surface area (Å²) in [5.41, 5.74) is 0.553. The van der Waals surface area contributed by atoms with Gasteiger partial charge in [0.1, 0.15) is 12.2 Å². The average molecular weight is 371 g/mol. The van der Waals surface area contributed by atoms with Gasteiger partial charge in [0.05, 0.1) is 13.2 Å². The third-order valence-electron chi connectivity index (χ3n) is 4.72. The highest BCUT2D eigenvalue weighted by atomic mass is 16.5. The molecule has 144 valence electrons. The van der Waals surface area contributed by atoms with E-state index >= 15 is 0 Å². The van der Waals surface area contributed by atoms with Gasteiger partial charge in [-0.15, -0.1) is 5.92 Å². The van der Waals surface area contributed by atoms with Crippen LogP contribution in [0.25, 0.3) is 11.2 Å². The van der Waals surface area contributed by atoms with Crippen LogP contribution in [-0.2, 0) is 29.5 Å². The Morgan fingerprint density at radius 1 is 1.22 bits per heavy atom. The maximum atomic E-state index is 13.0. The molecule has 27 heavy (non-hydrogen) atoms. The van der Waals surface area contributed by atoms with Gasteiger partial charge in [0.15, 0.2) is 11.2 Å². The van der Waals surface area contributed by atoms with Crippen LogP contribution in [0.1, 0.15) is 38.9 Å². The molecule has 0 atom stereocenters. The number of aromatic nitrogens is 4. The Kier molecular flexibility index (Phi) is 5.79. The highest BCUT2D eigenvalue weighted by Crippen LogP contribution is 2.23. The van der Waals surface area contributed by atoms with Crippen molar-refractivity contribution in [1.29, 1.82) is 0 Å². The van der Waals surface area contributed by atoms with Crippen molar-refractivity contribution in [2.45, 2.75) is 46.1 Å². The molecule has 1 aliphatic heterocycles. The Hall–Kier alpha value is -2.82. The molecule has 8 heteroatoms. The fourth-order valence-corrected chi connectivity index (χ4v) is 3.33. The Morgan fingerprint density at radius 2 is 1.96 bits per heavy atom. The summed E-state index contributed by atoms with van der Waals surface area (Å²) >= 11 is 0. The smallest absolute Gasteiger partial charge is 0.313 e. The molecule has 2 aromatic rings. The SMILES string of the molecule is CC#CCn1c(N2CCCCC2)nc2nc(CC(=O)OCC)n(C)c(=O)c21. The molecule has 1 fully saturated rings. The van der Waals surface area contributed by atoms with Crippen molar-refractivity contribution in [2.75, 3.05) is 24.6 Å². The van der Waals surface area contributed by atoms with Crippen LogP contribution in [0.4, 0.5) is 5.95 Å². The highest BCUT2D eigenvalue weighted by Gasteiger charge is 2.23. The van der Waals surface area contributed by atoms with Crippen molar-refractivity contribution in [2.24, 2.45) is 7.05 Å². The number of carbonyl (C=O) groups is 1. The predicted molar refractivity (Wildman–Crippen MR) is 103 cm³/mol. The zero-order valence-corrected chi connectivity index (χ0v) is 16.1. The van der Waals surface area contributed by atoms with Gasteiger partial charge >= 0.3 is 5.97 Å².